The molecule has 0 atom stereocenters. The Morgan fingerprint density at radius 2 is 1.89 bits per heavy atom. The second-order valence-corrected chi connectivity index (χ2v) is 5.36. The number of amides is 1. The number of carbonyl (C=O) groups is 1. The molecule has 0 unspecified atom stereocenters. The van der Waals surface area contributed by atoms with E-state index in [1.807, 2.05) is 48.2 Å². The molecule has 0 N–H and O–H groups in total. The van der Waals surface area contributed by atoms with Crippen LogP contribution in [0.5, 0.6) is 0 Å². The van der Waals surface area contributed by atoms with Crippen LogP contribution in [-0.2, 0) is 11.9 Å². The zero-order valence-corrected chi connectivity index (χ0v) is 12.3. The van der Waals surface area contributed by atoms with E-state index in [2.05, 4.69) is 22.0 Å². The molecule has 96 valence electrons. The predicted octanol–water partition coefficient (Wildman–Crippen LogP) is 4.05. The van der Waals surface area contributed by atoms with Gasteiger partial charge in [-0.15, -0.1) is 0 Å². The van der Waals surface area contributed by atoms with Gasteiger partial charge >= 0.3 is 0 Å². The molecule has 1 aliphatic rings. The van der Waals surface area contributed by atoms with Crippen molar-refractivity contribution in [1.82, 2.24) is 0 Å². The number of aryl methyl sites for hydroxylation is 1. The lowest BCUT2D eigenvalue weighted by Gasteiger charge is -2.16. The lowest BCUT2D eigenvalue weighted by Crippen LogP contribution is -2.22. The third-order valence-electron chi connectivity index (χ3n) is 3.55. The molecule has 3 rings (SSSR count). The Morgan fingerprint density at radius 1 is 1.16 bits per heavy atom. The SMILES string of the molecule is Cc1ccc(N2Cc3c(CBr)cccc3C2=O)cc1. The number of anilines is 1. The van der Waals surface area contributed by atoms with Crippen molar-refractivity contribution in [2.75, 3.05) is 4.90 Å². The fraction of sp³-hybridized carbons (Fsp3) is 0.188. The summed E-state index contributed by atoms with van der Waals surface area (Å²) in [6, 6.07) is 14.0. The van der Waals surface area contributed by atoms with Crippen LogP contribution in [0.1, 0.15) is 27.0 Å². The van der Waals surface area contributed by atoms with Gasteiger partial charge in [0, 0.05) is 16.6 Å². The van der Waals surface area contributed by atoms with Crippen molar-refractivity contribution >= 4 is 27.5 Å². The second-order valence-electron chi connectivity index (χ2n) is 4.80. The van der Waals surface area contributed by atoms with Crippen molar-refractivity contribution in [3.05, 3.63) is 64.7 Å². The smallest absolute Gasteiger partial charge is 0.258 e. The lowest BCUT2D eigenvalue weighted by molar-refractivity contribution is 0.0996. The van der Waals surface area contributed by atoms with Crippen LogP contribution in [0.25, 0.3) is 0 Å². The Morgan fingerprint density at radius 3 is 2.58 bits per heavy atom. The van der Waals surface area contributed by atoms with Gasteiger partial charge in [-0.25, -0.2) is 0 Å². The minimum absolute atomic E-state index is 0.0988. The average molecular weight is 316 g/mol. The molecule has 1 amide bonds. The van der Waals surface area contributed by atoms with Crippen molar-refractivity contribution in [3.8, 4) is 0 Å². The van der Waals surface area contributed by atoms with Gasteiger partial charge in [0.25, 0.3) is 5.91 Å². The minimum Gasteiger partial charge on any atom is -0.304 e. The summed E-state index contributed by atoms with van der Waals surface area (Å²) in [5.41, 5.74) is 5.34. The molecule has 0 spiro atoms. The molecule has 2 aromatic rings. The van der Waals surface area contributed by atoms with Gasteiger partial charge in [0.1, 0.15) is 0 Å². The first-order valence-corrected chi connectivity index (χ1v) is 7.38. The van der Waals surface area contributed by atoms with E-state index in [1.54, 1.807) is 0 Å². The van der Waals surface area contributed by atoms with Gasteiger partial charge in [-0.1, -0.05) is 45.8 Å². The summed E-state index contributed by atoms with van der Waals surface area (Å²) in [5, 5.41) is 0.783. The van der Waals surface area contributed by atoms with Crippen molar-refractivity contribution in [2.45, 2.75) is 18.8 Å². The van der Waals surface area contributed by atoms with E-state index in [0.29, 0.717) is 6.54 Å². The maximum Gasteiger partial charge on any atom is 0.258 e. The zero-order chi connectivity index (χ0) is 13.4. The normalized spacial score (nSPS) is 13.8. The van der Waals surface area contributed by atoms with E-state index >= 15 is 0 Å². The number of carbonyl (C=O) groups excluding carboxylic acids is 1. The third-order valence-corrected chi connectivity index (χ3v) is 4.16. The standard InChI is InChI=1S/C16H14BrNO/c1-11-5-7-13(8-6-11)18-10-15-12(9-17)3-2-4-14(15)16(18)19/h2-8H,9-10H2,1H3. The monoisotopic (exact) mass is 315 g/mol. The summed E-state index contributed by atoms with van der Waals surface area (Å²) < 4.78 is 0. The number of benzene rings is 2. The number of fused-ring (bicyclic) bond motifs is 1. The second kappa shape index (κ2) is 4.82. The first-order chi connectivity index (χ1) is 9.20. The molecule has 0 aliphatic carbocycles. The van der Waals surface area contributed by atoms with Gasteiger partial charge in [0.2, 0.25) is 0 Å². The Kier molecular flexibility index (Phi) is 3.15. The zero-order valence-electron chi connectivity index (χ0n) is 10.7. The molecule has 0 saturated carbocycles. The molecule has 3 heteroatoms. The summed E-state index contributed by atoms with van der Waals surface area (Å²) in [6.45, 7) is 2.71. The summed E-state index contributed by atoms with van der Waals surface area (Å²) in [4.78, 5) is 14.3. The average Bonchev–Trinajstić information content (AvgIpc) is 2.77. The molecule has 1 heterocycles. The fourth-order valence-corrected chi connectivity index (χ4v) is 2.98. The molecule has 0 fully saturated rings. The van der Waals surface area contributed by atoms with E-state index in [-0.39, 0.29) is 5.91 Å². The van der Waals surface area contributed by atoms with Gasteiger partial charge in [0.05, 0.1) is 6.54 Å². The largest absolute Gasteiger partial charge is 0.304 e. The van der Waals surface area contributed by atoms with E-state index < -0.39 is 0 Å². The maximum absolute atomic E-state index is 12.5. The summed E-state index contributed by atoms with van der Waals surface area (Å²) in [6.07, 6.45) is 0. The quantitative estimate of drug-likeness (QED) is 0.766. The Hall–Kier alpha value is -1.61. The van der Waals surface area contributed by atoms with Crippen molar-refractivity contribution in [2.24, 2.45) is 0 Å². The number of rotatable bonds is 2. The van der Waals surface area contributed by atoms with Gasteiger partial charge in [-0.05, 0) is 36.2 Å². The molecule has 2 nitrogen and oxygen atoms in total. The molecule has 2 aromatic carbocycles. The molecular weight excluding hydrogens is 302 g/mol. The third kappa shape index (κ3) is 2.08. The van der Waals surface area contributed by atoms with E-state index in [0.717, 1.165) is 22.1 Å². The van der Waals surface area contributed by atoms with Crippen LogP contribution in [0.4, 0.5) is 5.69 Å². The number of hydrogen-bond donors (Lipinski definition) is 0. The Bertz CT molecular complexity index is 634. The van der Waals surface area contributed by atoms with Crippen molar-refractivity contribution in [3.63, 3.8) is 0 Å². The van der Waals surface area contributed by atoms with Crippen LogP contribution in [0.15, 0.2) is 42.5 Å². The van der Waals surface area contributed by atoms with Gasteiger partial charge in [-0.2, -0.15) is 0 Å². The minimum atomic E-state index is 0.0988. The lowest BCUT2D eigenvalue weighted by atomic mass is 10.1. The number of hydrogen-bond acceptors (Lipinski definition) is 1. The van der Waals surface area contributed by atoms with Crippen LogP contribution in [0.2, 0.25) is 0 Å². The topological polar surface area (TPSA) is 20.3 Å². The van der Waals surface area contributed by atoms with Gasteiger partial charge < -0.3 is 4.90 Å². The van der Waals surface area contributed by atoms with Crippen molar-refractivity contribution < 1.29 is 4.79 Å². The summed E-state index contributed by atoms with van der Waals surface area (Å²) >= 11 is 3.49. The molecule has 19 heavy (non-hydrogen) atoms. The number of halogens is 1. The highest BCUT2D eigenvalue weighted by Crippen LogP contribution is 2.31. The van der Waals surface area contributed by atoms with Gasteiger partial charge in [-0.3, -0.25) is 4.79 Å². The highest BCUT2D eigenvalue weighted by Gasteiger charge is 2.29. The number of nitrogens with zero attached hydrogens (tertiary/aromatic N) is 1. The van der Waals surface area contributed by atoms with Crippen LogP contribution in [-0.4, -0.2) is 5.91 Å². The highest BCUT2D eigenvalue weighted by molar-refractivity contribution is 9.08. The van der Waals surface area contributed by atoms with E-state index in [4.69, 9.17) is 0 Å². The molecule has 0 aromatic heterocycles. The molecule has 0 saturated heterocycles. The van der Waals surface area contributed by atoms with Gasteiger partial charge in [0.15, 0.2) is 0 Å². The summed E-state index contributed by atoms with van der Waals surface area (Å²) in [7, 11) is 0. The first kappa shape index (κ1) is 12.4. The van der Waals surface area contributed by atoms with Crippen LogP contribution in [0, 0.1) is 6.92 Å². The molecule has 0 radical (unpaired) electrons. The van der Waals surface area contributed by atoms with Crippen LogP contribution < -0.4 is 4.90 Å². The number of alkyl halides is 1. The van der Waals surface area contributed by atoms with E-state index in [1.165, 1.54) is 11.1 Å². The molecule has 0 bridgehead atoms. The maximum atomic E-state index is 12.5. The predicted molar refractivity (Wildman–Crippen MR) is 80.8 cm³/mol. The van der Waals surface area contributed by atoms with Crippen molar-refractivity contribution in [1.29, 1.82) is 0 Å². The van der Waals surface area contributed by atoms with Crippen LogP contribution >= 0.6 is 15.9 Å². The molecular formula is C16H14BrNO. The fourth-order valence-electron chi connectivity index (χ4n) is 2.46. The first-order valence-electron chi connectivity index (χ1n) is 6.26. The van der Waals surface area contributed by atoms with E-state index in [9.17, 15) is 4.79 Å². The van der Waals surface area contributed by atoms with Crippen LogP contribution in [0.3, 0.4) is 0 Å². The summed E-state index contributed by atoms with van der Waals surface area (Å²) in [5.74, 6) is 0.0988. The molecule has 1 aliphatic heterocycles. The Labute approximate surface area is 121 Å². The Balaban J connectivity index is 2.01. The highest BCUT2D eigenvalue weighted by atomic mass is 79.9.